The molecule has 1 fully saturated rings. The average molecular weight is 457 g/mol. The number of benzene rings is 2. The second-order valence-electron chi connectivity index (χ2n) is 6.71. The number of amides is 2. The molecule has 1 aliphatic rings. The van der Waals surface area contributed by atoms with E-state index >= 15 is 0 Å². The fourth-order valence-corrected chi connectivity index (χ4v) is 3.79. The van der Waals surface area contributed by atoms with Crippen molar-refractivity contribution in [3.63, 3.8) is 0 Å². The zero-order valence-electron chi connectivity index (χ0n) is 15.5. The van der Waals surface area contributed by atoms with Crippen molar-refractivity contribution in [2.45, 2.75) is 6.54 Å². The van der Waals surface area contributed by atoms with Gasteiger partial charge in [0.25, 0.3) is 5.91 Å². The Morgan fingerprint density at radius 3 is 2.31 bits per heavy atom. The van der Waals surface area contributed by atoms with Gasteiger partial charge in [-0.2, -0.15) is 0 Å². The van der Waals surface area contributed by atoms with Crippen LogP contribution in [0.25, 0.3) is 0 Å². The summed E-state index contributed by atoms with van der Waals surface area (Å²) >= 11 is 18.0. The van der Waals surface area contributed by atoms with E-state index in [2.05, 4.69) is 5.32 Å². The molecule has 0 spiro atoms. The van der Waals surface area contributed by atoms with Gasteiger partial charge < -0.3 is 15.3 Å². The van der Waals surface area contributed by atoms with Gasteiger partial charge in [-0.3, -0.25) is 14.5 Å². The molecule has 1 aliphatic heterocycles. The van der Waals surface area contributed by atoms with Crippen LogP contribution in [0.3, 0.4) is 0 Å². The molecule has 0 saturated carbocycles. The topological polar surface area (TPSA) is 72.9 Å². The molecule has 9 heteroatoms. The number of nitrogens with zero attached hydrogens (tertiary/aromatic N) is 2. The first kappa shape index (κ1) is 21.7. The summed E-state index contributed by atoms with van der Waals surface area (Å²) in [4.78, 5) is 28.5. The third-order valence-corrected chi connectivity index (χ3v) is 5.79. The van der Waals surface area contributed by atoms with E-state index in [-0.39, 0.29) is 38.8 Å². The van der Waals surface area contributed by atoms with Crippen LogP contribution >= 0.6 is 34.8 Å². The highest BCUT2D eigenvalue weighted by molar-refractivity contribution is 6.45. The molecule has 0 radical (unpaired) electrons. The maximum atomic E-state index is 12.8. The van der Waals surface area contributed by atoms with E-state index in [1.807, 2.05) is 35.2 Å². The number of rotatable bonds is 5. The summed E-state index contributed by atoms with van der Waals surface area (Å²) in [6.07, 6.45) is 0. The summed E-state index contributed by atoms with van der Waals surface area (Å²) in [7, 11) is 0. The molecular formula is C20H20Cl3N3O3. The summed E-state index contributed by atoms with van der Waals surface area (Å²) in [6.45, 7) is 2.57. The molecule has 1 saturated heterocycles. The Labute approximate surface area is 183 Å². The standard InChI is InChI=1S/C20H20Cl3N3O3/c21-14-10-15(22)19(28)17(18(14)23)20(29)26-8-6-25(7-9-26)12-16(27)24-11-13-4-2-1-3-5-13/h1-5,10,28H,6-9,11-12H2,(H,24,27). The van der Waals surface area contributed by atoms with Crippen LogP contribution in [0, 0.1) is 0 Å². The minimum absolute atomic E-state index is 0.0266. The SMILES string of the molecule is O=C(CN1CCN(C(=O)c2c(O)c(Cl)cc(Cl)c2Cl)CC1)NCc1ccccc1. The molecule has 3 rings (SSSR count). The van der Waals surface area contributed by atoms with Crippen LogP contribution in [-0.4, -0.2) is 59.4 Å². The lowest BCUT2D eigenvalue weighted by atomic mass is 10.1. The minimum Gasteiger partial charge on any atom is -0.505 e. The van der Waals surface area contributed by atoms with Crippen LogP contribution in [0.4, 0.5) is 0 Å². The number of nitrogens with one attached hydrogen (secondary N) is 1. The van der Waals surface area contributed by atoms with E-state index in [1.165, 1.54) is 6.07 Å². The van der Waals surface area contributed by atoms with Crippen molar-refractivity contribution in [2.24, 2.45) is 0 Å². The number of carbonyl (C=O) groups is 2. The molecule has 1 heterocycles. The molecule has 0 bridgehead atoms. The van der Waals surface area contributed by atoms with Gasteiger partial charge in [0.05, 0.1) is 21.6 Å². The Morgan fingerprint density at radius 1 is 1.00 bits per heavy atom. The molecular weight excluding hydrogens is 437 g/mol. The van der Waals surface area contributed by atoms with Crippen molar-refractivity contribution in [3.8, 4) is 5.75 Å². The van der Waals surface area contributed by atoms with Gasteiger partial charge in [-0.05, 0) is 11.6 Å². The Morgan fingerprint density at radius 2 is 1.66 bits per heavy atom. The van der Waals surface area contributed by atoms with Crippen LogP contribution < -0.4 is 5.32 Å². The van der Waals surface area contributed by atoms with Crippen LogP contribution in [0.2, 0.25) is 15.1 Å². The van der Waals surface area contributed by atoms with E-state index in [4.69, 9.17) is 34.8 Å². The Hall–Kier alpha value is -1.99. The minimum atomic E-state index is -0.440. The molecule has 2 amide bonds. The first-order valence-electron chi connectivity index (χ1n) is 9.05. The highest BCUT2D eigenvalue weighted by atomic mass is 35.5. The van der Waals surface area contributed by atoms with Gasteiger partial charge in [0, 0.05) is 32.7 Å². The summed E-state index contributed by atoms with van der Waals surface area (Å²) in [6, 6.07) is 11.0. The van der Waals surface area contributed by atoms with Gasteiger partial charge in [0.15, 0.2) is 0 Å². The summed E-state index contributed by atoms with van der Waals surface area (Å²) in [5.74, 6) is -0.894. The highest BCUT2D eigenvalue weighted by Crippen LogP contribution is 2.39. The van der Waals surface area contributed by atoms with Crippen LogP contribution in [0.1, 0.15) is 15.9 Å². The Kier molecular flexibility index (Phi) is 7.24. The second-order valence-corrected chi connectivity index (χ2v) is 7.90. The Bertz CT molecular complexity index is 875. The normalized spacial score (nSPS) is 14.7. The summed E-state index contributed by atoms with van der Waals surface area (Å²) in [5.41, 5.74) is 0.936. The highest BCUT2D eigenvalue weighted by Gasteiger charge is 2.28. The maximum Gasteiger partial charge on any atom is 0.259 e. The van der Waals surface area contributed by atoms with Gasteiger partial charge in [-0.15, -0.1) is 0 Å². The predicted octanol–water partition coefficient (Wildman–Crippen LogP) is 3.43. The van der Waals surface area contributed by atoms with E-state index < -0.39 is 5.91 Å². The van der Waals surface area contributed by atoms with Gasteiger partial charge in [-0.1, -0.05) is 65.1 Å². The average Bonchev–Trinajstić information content (AvgIpc) is 2.72. The van der Waals surface area contributed by atoms with Crippen molar-refractivity contribution in [2.75, 3.05) is 32.7 Å². The van der Waals surface area contributed by atoms with E-state index in [1.54, 1.807) is 4.90 Å². The van der Waals surface area contributed by atoms with Crippen molar-refractivity contribution < 1.29 is 14.7 Å². The number of hydrogen-bond donors (Lipinski definition) is 2. The van der Waals surface area contributed by atoms with Gasteiger partial charge in [0.1, 0.15) is 11.3 Å². The zero-order chi connectivity index (χ0) is 21.0. The molecule has 0 unspecified atom stereocenters. The predicted molar refractivity (Wildman–Crippen MR) is 114 cm³/mol. The molecule has 2 aromatic carbocycles. The number of phenolic OH excluding ortho intramolecular Hbond substituents is 1. The lowest BCUT2D eigenvalue weighted by Gasteiger charge is -2.34. The maximum absolute atomic E-state index is 12.8. The van der Waals surface area contributed by atoms with Crippen LogP contribution in [0.15, 0.2) is 36.4 Å². The number of carbonyl (C=O) groups excluding carboxylic acids is 2. The molecule has 0 atom stereocenters. The number of phenols is 1. The van der Waals surface area contributed by atoms with Crippen LogP contribution in [-0.2, 0) is 11.3 Å². The fourth-order valence-electron chi connectivity index (χ4n) is 3.10. The van der Waals surface area contributed by atoms with Gasteiger partial charge in [-0.25, -0.2) is 0 Å². The monoisotopic (exact) mass is 455 g/mol. The largest absolute Gasteiger partial charge is 0.505 e. The molecule has 29 heavy (non-hydrogen) atoms. The van der Waals surface area contributed by atoms with E-state index in [9.17, 15) is 14.7 Å². The van der Waals surface area contributed by atoms with E-state index in [0.717, 1.165) is 5.56 Å². The smallest absolute Gasteiger partial charge is 0.259 e. The number of aromatic hydroxyl groups is 1. The van der Waals surface area contributed by atoms with E-state index in [0.29, 0.717) is 32.7 Å². The first-order valence-corrected chi connectivity index (χ1v) is 10.2. The quantitative estimate of drug-likeness (QED) is 0.676. The molecule has 6 nitrogen and oxygen atoms in total. The fraction of sp³-hybridized carbons (Fsp3) is 0.300. The number of halogens is 3. The zero-order valence-corrected chi connectivity index (χ0v) is 17.8. The van der Waals surface area contributed by atoms with Crippen molar-refractivity contribution in [3.05, 3.63) is 62.6 Å². The van der Waals surface area contributed by atoms with Crippen molar-refractivity contribution in [1.29, 1.82) is 0 Å². The molecule has 0 aliphatic carbocycles. The molecule has 2 aromatic rings. The molecule has 0 aromatic heterocycles. The van der Waals surface area contributed by atoms with Crippen LogP contribution in [0.5, 0.6) is 5.75 Å². The van der Waals surface area contributed by atoms with Gasteiger partial charge >= 0.3 is 0 Å². The third-order valence-electron chi connectivity index (χ3n) is 4.72. The Balaban J connectivity index is 1.53. The van der Waals surface area contributed by atoms with Crippen molar-refractivity contribution >= 4 is 46.6 Å². The summed E-state index contributed by atoms with van der Waals surface area (Å²) < 4.78 is 0. The third kappa shape index (κ3) is 5.34. The molecule has 154 valence electrons. The van der Waals surface area contributed by atoms with Gasteiger partial charge in [0.2, 0.25) is 5.91 Å². The number of piperazine rings is 1. The number of hydrogen-bond acceptors (Lipinski definition) is 4. The molecule has 2 N–H and O–H groups in total. The first-order chi connectivity index (χ1) is 13.9. The van der Waals surface area contributed by atoms with Crippen molar-refractivity contribution in [1.82, 2.24) is 15.1 Å². The lowest BCUT2D eigenvalue weighted by molar-refractivity contribution is -0.122. The summed E-state index contributed by atoms with van der Waals surface area (Å²) in [5, 5.41) is 13.1. The lowest BCUT2D eigenvalue weighted by Crippen LogP contribution is -2.51. The second kappa shape index (κ2) is 9.67.